The van der Waals surface area contributed by atoms with E-state index in [1.807, 2.05) is 0 Å². The van der Waals surface area contributed by atoms with Crippen molar-refractivity contribution in [2.75, 3.05) is 17.2 Å². The summed E-state index contributed by atoms with van der Waals surface area (Å²) in [5.74, 6) is -2.43. The van der Waals surface area contributed by atoms with Gasteiger partial charge in [-0.1, -0.05) is 5.16 Å². The van der Waals surface area contributed by atoms with Crippen LogP contribution in [0, 0.1) is 0 Å². The van der Waals surface area contributed by atoms with Crippen LogP contribution in [0.15, 0.2) is 26.5 Å². The fourth-order valence-electron chi connectivity index (χ4n) is 3.35. The Labute approximate surface area is 216 Å². The van der Waals surface area contributed by atoms with Crippen molar-refractivity contribution in [3.8, 4) is 0 Å². The second-order valence-corrected chi connectivity index (χ2v) is 11.2. The van der Waals surface area contributed by atoms with E-state index in [2.05, 4.69) is 20.4 Å². The Bertz CT molecular complexity index is 1280. The molecule has 192 valence electrons. The van der Waals surface area contributed by atoms with E-state index >= 15 is 0 Å². The van der Waals surface area contributed by atoms with Gasteiger partial charge in [0.15, 0.2) is 15.9 Å². The number of rotatable bonds is 8. The molecule has 0 saturated carbocycles. The first-order valence-corrected chi connectivity index (χ1v) is 13.6. The number of aromatic nitrogens is 2. The molecule has 0 bridgehead atoms. The summed E-state index contributed by atoms with van der Waals surface area (Å²) in [6.07, 6.45) is -4.34. The maximum Gasteiger partial charge on any atom is 0.443 e. The first-order chi connectivity index (χ1) is 17.0. The number of thioether (sulfide) groups is 2. The first kappa shape index (κ1) is 26.2. The van der Waals surface area contributed by atoms with Crippen LogP contribution in [-0.4, -0.2) is 71.6 Å². The predicted molar refractivity (Wildman–Crippen MR) is 128 cm³/mol. The van der Waals surface area contributed by atoms with E-state index in [-0.39, 0.29) is 40.1 Å². The molecule has 0 aliphatic carbocycles. The Morgan fingerprint density at radius 3 is 2.64 bits per heavy atom. The second kappa shape index (κ2) is 10.3. The van der Waals surface area contributed by atoms with Gasteiger partial charge >= 0.3 is 12.1 Å². The summed E-state index contributed by atoms with van der Waals surface area (Å²) in [4.78, 5) is 46.1. The van der Waals surface area contributed by atoms with Crippen molar-refractivity contribution in [2.24, 2.45) is 5.16 Å². The number of thiazole rings is 2. The zero-order chi connectivity index (χ0) is 26.2. The number of nitrogens with one attached hydrogen (secondary N) is 1. The number of carboxylic acids is 1. The molecule has 0 unspecified atom stereocenters. The molecule has 1 saturated heterocycles. The van der Waals surface area contributed by atoms with Gasteiger partial charge < -0.3 is 21.4 Å². The van der Waals surface area contributed by atoms with Crippen LogP contribution in [0.5, 0.6) is 0 Å². The largest absolute Gasteiger partial charge is 0.477 e. The fraction of sp³-hybridized carbons (Fsp3) is 0.333. The third-order valence-corrected chi connectivity index (χ3v) is 9.10. The number of carbonyl (C=O) groups excluding carboxylic acids is 2. The Hall–Kier alpha value is -2.83. The van der Waals surface area contributed by atoms with Gasteiger partial charge in [0.2, 0.25) is 0 Å². The lowest BCUT2D eigenvalue weighted by atomic mass is 10.0. The number of β-lactam (4-membered cyclic amide) rings is 1. The number of aliphatic carboxylic acids is 1. The van der Waals surface area contributed by atoms with E-state index in [0.29, 0.717) is 16.2 Å². The van der Waals surface area contributed by atoms with Gasteiger partial charge in [-0.15, -0.1) is 46.2 Å². The third kappa shape index (κ3) is 5.16. The number of nitrogens with zero attached hydrogens (tertiary/aromatic N) is 4. The van der Waals surface area contributed by atoms with Crippen LogP contribution < -0.4 is 11.1 Å². The number of carboxylic acid groups (broad SMARTS) is 1. The molecule has 4 rings (SSSR count). The Morgan fingerprint density at radius 2 is 2.06 bits per heavy atom. The van der Waals surface area contributed by atoms with Crippen LogP contribution >= 0.6 is 46.2 Å². The monoisotopic (exact) mass is 580 g/mol. The number of fused-ring (bicyclic) bond motifs is 1. The molecule has 5 N–H and O–H groups in total. The number of hydrogen-bond donors (Lipinski definition) is 4. The van der Waals surface area contributed by atoms with E-state index in [4.69, 9.17) is 5.73 Å². The SMILES string of the molecule is Nc1nc(/C(=N/O)C(=O)N[C@@H]2C(=O)N3C(C(=O)O)=C(SCCc4csc(C(F)(F)F)n4)CS[C@H]23)cs1. The van der Waals surface area contributed by atoms with E-state index in [0.717, 1.165) is 28.0 Å². The van der Waals surface area contributed by atoms with Crippen LogP contribution in [0.1, 0.15) is 16.4 Å². The van der Waals surface area contributed by atoms with Gasteiger partial charge in [-0.25, -0.2) is 14.8 Å². The number of alkyl halides is 3. The van der Waals surface area contributed by atoms with Crippen molar-refractivity contribution in [1.82, 2.24) is 20.2 Å². The summed E-state index contributed by atoms with van der Waals surface area (Å²) in [5.41, 5.74) is 5.10. The van der Waals surface area contributed by atoms with Gasteiger partial charge in [0, 0.05) is 27.2 Å². The Kier molecular flexibility index (Phi) is 7.48. The minimum absolute atomic E-state index is 0.0182. The molecule has 4 heterocycles. The normalized spacial score (nSPS) is 20.2. The number of amides is 2. The zero-order valence-corrected chi connectivity index (χ0v) is 20.9. The van der Waals surface area contributed by atoms with E-state index in [1.54, 1.807) is 0 Å². The number of anilines is 1. The maximum absolute atomic E-state index is 12.8. The molecule has 2 amide bonds. The summed E-state index contributed by atoms with van der Waals surface area (Å²) in [6.45, 7) is 0. The van der Waals surface area contributed by atoms with E-state index in [1.165, 1.54) is 22.5 Å². The molecular formula is C18H15F3N6O5S4. The molecule has 0 spiro atoms. The lowest BCUT2D eigenvalue weighted by Gasteiger charge is -2.49. The topological polar surface area (TPSA) is 171 Å². The Morgan fingerprint density at radius 1 is 1.31 bits per heavy atom. The lowest BCUT2D eigenvalue weighted by molar-refractivity contribution is -0.150. The average Bonchev–Trinajstić information content (AvgIpc) is 3.46. The van der Waals surface area contributed by atoms with Gasteiger partial charge in [-0.3, -0.25) is 14.5 Å². The highest BCUT2D eigenvalue weighted by molar-refractivity contribution is 8.06. The minimum atomic E-state index is -4.52. The smallest absolute Gasteiger partial charge is 0.443 e. The first-order valence-electron chi connectivity index (χ1n) is 9.81. The summed E-state index contributed by atoms with van der Waals surface area (Å²) in [7, 11) is 0. The van der Waals surface area contributed by atoms with Gasteiger partial charge in [0.25, 0.3) is 11.8 Å². The van der Waals surface area contributed by atoms with Crippen LogP contribution in [0.25, 0.3) is 0 Å². The van der Waals surface area contributed by atoms with Gasteiger partial charge in [0.05, 0.1) is 5.69 Å². The van der Waals surface area contributed by atoms with Crippen molar-refractivity contribution >= 4 is 74.8 Å². The molecule has 0 radical (unpaired) electrons. The summed E-state index contributed by atoms with van der Waals surface area (Å²) < 4.78 is 38.2. The molecule has 2 aromatic rings. The van der Waals surface area contributed by atoms with E-state index in [9.17, 15) is 37.9 Å². The van der Waals surface area contributed by atoms with Gasteiger partial charge in [-0.05, 0) is 6.42 Å². The predicted octanol–water partition coefficient (Wildman–Crippen LogP) is 2.05. The quantitative estimate of drug-likeness (QED) is 0.157. The number of oxime groups is 1. The van der Waals surface area contributed by atoms with Crippen LogP contribution in [0.3, 0.4) is 0 Å². The number of nitrogen functional groups attached to an aromatic ring is 1. The molecule has 36 heavy (non-hydrogen) atoms. The molecule has 18 heteroatoms. The lowest BCUT2D eigenvalue weighted by Crippen LogP contribution is -2.71. The van der Waals surface area contributed by atoms with Crippen LogP contribution in [0.4, 0.5) is 18.3 Å². The summed E-state index contributed by atoms with van der Waals surface area (Å²) in [6, 6.07) is -1.06. The number of aryl methyl sites for hydroxylation is 1. The van der Waals surface area contributed by atoms with Crippen LogP contribution in [-0.2, 0) is 27.0 Å². The standard InChI is InChI=1S/C18H15F3N6O5S4/c19-18(20,21)16-23-6(3-35-16)1-2-33-8-5-34-14-10(13(29)27(14)11(8)15(30)31)25-12(28)9(26-32)7-4-36-17(22)24-7/h3-4,10,14,32H,1-2,5H2,(H2,22,24)(H,25,28)(H,30,31)/b26-9-/t10-,14-/m1/s1. The van der Waals surface area contributed by atoms with Crippen molar-refractivity contribution < 1.29 is 37.9 Å². The third-order valence-electron chi connectivity index (χ3n) is 4.93. The number of carbonyl (C=O) groups is 3. The summed E-state index contributed by atoms with van der Waals surface area (Å²) in [5, 5.41) is 25.5. The molecule has 2 atom stereocenters. The molecule has 0 aromatic carbocycles. The highest BCUT2D eigenvalue weighted by Gasteiger charge is 2.54. The second-order valence-electron chi connectivity index (χ2n) is 7.20. The summed E-state index contributed by atoms with van der Waals surface area (Å²) >= 11 is 3.85. The molecule has 2 aliphatic heterocycles. The van der Waals surface area contributed by atoms with Crippen molar-refractivity contribution in [1.29, 1.82) is 0 Å². The molecule has 2 aliphatic rings. The van der Waals surface area contributed by atoms with Gasteiger partial charge in [-0.2, -0.15) is 13.2 Å². The van der Waals surface area contributed by atoms with E-state index < -0.39 is 46.1 Å². The molecule has 2 aromatic heterocycles. The zero-order valence-electron chi connectivity index (χ0n) is 17.7. The van der Waals surface area contributed by atoms with Gasteiger partial charge in [0.1, 0.15) is 22.8 Å². The van der Waals surface area contributed by atoms with Crippen molar-refractivity contribution in [2.45, 2.75) is 24.0 Å². The highest BCUT2D eigenvalue weighted by atomic mass is 32.2. The Balaban J connectivity index is 1.41. The number of hydrogen-bond acceptors (Lipinski definition) is 12. The molecule has 11 nitrogen and oxygen atoms in total. The number of halogens is 3. The van der Waals surface area contributed by atoms with Crippen LogP contribution in [0.2, 0.25) is 0 Å². The fourth-order valence-corrected chi connectivity index (χ4v) is 7.23. The van der Waals surface area contributed by atoms with Crippen molar-refractivity contribution in [3.05, 3.63) is 37.8 Å². The number of nitrogens with two attached hydrogens (primary N) is 1. The van der Waals surface area contributed by atoms with Crippen molar-refractivity contribution in [3.63, 3.8) is 0 Å². The molecular weight excluding hydrogens is 565 g/mol. The maximum atomic E-state index is 12.8. The average molecular weight is 581 g/mol. The molecule has 1 fully saturated rings. The highest BCUT2D eigenvalue weighted by Crippen LogP contribution is 2.43. The minimum Gasteiger partial charge on any atom is -0.477 e.